The van der Waals surface area contributed by atoms with Crippen LogP contribution in [0.5, 0.6) is 11.6 Å². The number of nitrogens with two attached hydrogens (primary N) is 1. The molecule has 0 aliphatic heterocycles. The third-order valence-electron chi connectivity index (χ3n) is 3.30. The molecule has 21 heavy (non-hydrogen) atoms. The van der Waals surface area contributed by atoms with Gasteiger partial charge >= 0.3 is 0 Å². The standard InChI is InChI=1S/C14H14BrFN4O/c1-7-12(20-17)18-13(8-2-3-8)19-14(7)21-11-6-9(15)4-5-10(11)16/h4-6,8H,2-3,17H2,1H3,(H,18,19,20). The fraction of sp³-hybridized carbons (Fsp3) is 0.286. The van der Waals surface area contributed by atoms with E-state index >= 15 is 0 Å². The maximum absolute atomic E-state index is 13.8. The molecule has 1 aromatic heterocycles. The van der Waals surface area contributed by atoms with Crippen LogP contribution in [0, 0.1) is 12.7 Å². The zero-order valence-corrected chi connectivity index (χ0v) is 12.9. The van der Waals surface area contributed by atoms with Gasteiger partial charge in [0.05, 0.1) is 5.56 Å². The molecule has 0 unspecified atom stereocenters. The SMILES string of the molecule is Cc1c(NN)nc(C2CC2)nc1Oc1cc(Br)ccc1F. The van der Waals surface area contributed by atoms with Crippen molar-refractivity contribution in [1.82, 2.24) is 9.97 Å². The summed E-state index contributed by atoms with van der Waals surface area (Å²) in [7, 11) is 0. The van der Waals surface area contributed by atoms with Gasteiger partial charge in [0.25, 0.3) is 0 Å². The van der Waals surface area contributed by atoms with Crippen LogP contribution in [-0.4, -0.2) is 9.97 Å². The van der Waals surface area contributed by atoms with E-state index in [9.17, 15) is 4.39 Å². The summed E-state index contributed by atoms with van der Waals surface area (Å²) < 4.78 is 20.2. The maximum Gasteiger partial charge on any atom is 0.227 e. The third kappa shape index (κ3) is 2.98. The topological polar surface area (TPSA) is 73.1 Å². The number of rotatable bonds is 4. The monoisotopic (exact) mass is 352 g/mol. The zero-order chi connectivity index (χ0) is 15.0. The van der Waals surface area contributed by atoms with Gasteiger partial charge in [-0.1, -0.05) is 15.9 Å². The van der Waals surface area contributed by atoms with Crippen molar-refractivity contribution in [3.63, 3.8) is 0 Å². The summed E-state index contributed by atoms with van der Waals surface area (Å²) in [5.74, 6) is 6.97. The lowest BCUT2D eigenvalue weighted by Crippen LogP contribution is -2.13. The molecule has 0 radical (unpaired) electrons. The van der Waals surface area contributed by atoms with Gasteiger partial charge in [-0.2, -0.15) is 4.98 Å². The summed E-state index contributed by atoms with van der Waals surface area (Å²) in [5, 5.41) is 0. The Morgan fingerprint density at radius 2 is 2.14 bits per heavy atom. The Kier molecular flexibility index (Phi) is 3.77. The molecule has 0 atom stereocenters. The number of hydrogen-bond acceptors (Lipinski definition) is 5. The van der Waals surface area contributed by atoms with E-state index in [0.29, 0.717) is 29.0 Å². The summed E-state index contributed by atoms with van der Waals surface area (Å²) in [5.41, 5.74) is 3.18. The summed E-state index contributed by atoms with van der Waals surface area (Å²) in [4.78, 5) is 8.76. The summed E-state index contributed by atoms with van der Waals surface area (Å²) in [6.07, 6.45) is 2.11. The lowest BCUT2D eigenvalue weighted by molar-refractivity contribution is 0.421. The summed E-state index contributed by atoms with van der Waals surface area (Å²) in [6, 6.07) is 4.50. The van der Waals surface area contributed by atoms with Crippen LogP contribution in [0.25, 0.3) is 0 Å². The average molecular weight is 353 g/mol. The Morgan fingerprint density at radius 1 is 1.38 bits per heavy atom. The van der Waals surface area contributed by atoms with Crippen LogP contribution >= 0.6 is 15.9 Å². The van der Waals surface area contributed by atoms with Crippen molar-refractivity contribution in [3.05, 3.63) is 39.9 Å². The van der Waals surface area contributed by atoms with Crippen LogP contribution in [0.3, 0.4) is 0 Å². The molecule has 1 aromatic carbocycles. The van der Waals surface area contributed by atoms with Gasteiger partial charge in [0.15, 0.2) is 17.4 Å². The smallest absolute Gasteiger partial charge is 0.227 e. The lowest BCUT2D eigenvalue weighted by Gasteiger charge is -2.13. The summed E-state index contributed by atoms with van der Waals surface area (Å²) >= 11 is 3.29. The van der Waals surface area contributed by atoms with Crippen LogP contribution in [0.15, 0.2) is 22.7 Å². The van der Waals surface area contributed by atoms with E-state index in [4.69, 9.17) is 10.6 Å². The van der Waals surface area contributed by atoms with Gasteiger partial charge in [-0.25, -0.2) is 15.2 Å². The molecule has 1 aliphatic rings. The number of anilines is 1. The maximum atomic E-state index is 13.8. The number of nitrogens with one attached hydrogen (secondary N) is 1. The minimum Gasteiger partial charge on any atom is -0.435 e. The highest BCUT2D eigenvalue weighted by Crippen LogP contribution is 2.40. The first-order chi connectivity index (χ1) is 10.1. The molecule has 0 saturated heterocycles. The van der Waals surface area contributed by atoms with Gasteiger partial charge in [0.2, 0.25) is 5.88 Å². The number of hydrogen-bond donors (Lipinski definition) is 2. The molecule has 2 aromatic rings. The third-order valence-corrected chi connectivity index (χ3v) is 3.79. The molecule has 3 N–H and O–H groups in total. The van der Waals surface area contributed by atoms with Gasteiger partial charge in [0.1, 0.15) is 5.82 Å². The number of halogens is 2. The van der Waals surface area contributed by atoms with E-state index < -0.39 is 5.82 Å². The molecule has 0 amide bonds. The van der Waals surface area contributed by atoms with E-state index in [0.717, 1.165) is 17.3 Å². The number of ether oxygens (including phenoxy) is 1. The highest BCUT2D eigenvalue weighted by Gasteiger charge is 2.28. The quantitative estimate of drug-likeness (QED) is 0.649. The number of benzene rings is 1. The van der Waals surface area contributed by atoms with Crippen LogP contribution in [0.2, 0.25) is 0 Å². The molecule has 7 heteroatoms. The lowest BCUT2D eigenvalue weighted by atomic mass is 10.3. The van der Waals surface area contributed by atoms with Crippen LogP contribution in [0.4, 0.5) is 10.2 Å². The molecule has 5 nitrogen and oxygen atoms in total. The first-order valence-electron chi connectivity index (χ1n) is 6.56. The highest BCUT2D eigenvalue weighted by atomic mass is 79.9. The molecule has 0 bridgehead atoms. The van der Waals surface area contributed by atoms with Crippen molar-refractivity contribution in [2.24, 2.45) is 5.84 Å². The average Bonchev–Trinajstić information content (AvgIpc) is 3.29. The zero-order valence-electron chi connectivity index (χ0n) is 11.4. The fourth-order valence-electron chi connectivity index (χ4n) is 1.94. The Hall–Kier alpha value is -1.73. The predicted molar refractivity (Wildman–Crippen MR) is 80.7 cm³/mol. The highest BCUT2D eigenvalue weighted by molar-refractivity contribution is 9.10. The van der Waals surface area contributed by atoms with Crippen molar-refractivity contribution in [1.29, 1.82) is 0 Å². The molecule has 1 aliphatic carbocycles. The molecule has 110 valence electrons. The van der Waals surface area contributed by atoms with E-state index in [2.05, 4.69) is 31.3 Å². The number of hydrazine groups is 1. The number of nitrogens with zero attached hydrogens (tertiary/aromatic N) is 2. The van der Waals surface area contributed by atoms with Crippen LogP contribution in [0.1, 0.15) is 30.1 Å². The van der Waals surface area contributed by atoms with Crippen molar-refractivity contribution < 1.29 is 9.13 Å². The minimum absolute atomic E-state index is 0.107. The van der Waals surface area contributed by atoms with E-state index in [1.54, 1.807) is 19.1 Å². The second-order valence-corrected chi connectivity index (χ2v) is 5.87. The summed E-state index contributed by atoms with van der Waals surface area (Å²) in [6.45, 7) is 1.77. The minimum atomic E-state index is -0.452. The first-order valence-corrected chi connectivity index (χ1v) is 7.36. The normalized spacial score (nSPS) is 14.1. The van der Waals surface area contributed by atoms with Crippen molar-refractivity contribution >= 4 is 21.7 Å². The molecule has 1 saturated carbocycles. The molecular formula is C14H14BrFN4O. The molecule has 1 fully saturated rings. The van der Waals surface area contributed by atoms with E-state index in [1.807, 2.05) is 0 Å². The fourth-order valence-corrected chi connectivity index (χ4v) is 2.28. The van der Waals surface area contributed by atoms with Crippen molar-refractivity contribution in [2.75, 3.05) is 5.43 Å². The van der Waals surface area contributed by atoms with Crippen molar-refractivity contribution in [3.8, 4) is 11.6 Å². The van der Waals surface area contributed by atoms with Gasteiger partial charge < -0.3 is 10.2 Å². The van der Waals surface area contributed by atoms with Crippen LogP contribution in [-0.2, 0) is 0 Å². The van der Waals surface area contributed by atoms with Crippen LogP contribution < -0.4 is 16.0 Å². The van der Waals surface area contributed by atoms with Gasteiger partial charge in [0, 0.05) is 10.4 Å². The Balaban J connectivity index is 2.00. The second kappa shape index (κ2) is 5.57. The van der Waals surface area contributed by atoms with Gasteiger partial charge in [-0.3, -0.25) is 0 Å². The van der Waals surface area contributed by atoms with Crippen molar-refractivity contribution in [2.45, 2.75) is 25.7 Å². The first kappa shape index (κ1) is 14.2. The number of aromatic nitrogens is 2. The Bertz CT molecular complexity index is 691. The van der Waals surface area contributed by atoms with E-state index in [-0.39, 0.29) is 5.75 Å². The second-order valence-electron chi connectivity index (χ2n) is 4.96. The molecular weight excluding hydrogens is 339 g/mol. The Labute approximate surface area is 129 Å². The molecule has 3 rings (SSSR count). The van der Waals surface area contributed by atoms with E-state index in [1.165, 1.54) is 6.07 Å². The Morgan fingerprint density at radius 3 is 2.81 bits per heavy atom. The predicted octanol–water partition coefficient (Wildman–Crippen LogP) is 3.64. The van der Waals surface area contributed by atoms with Gasteiger partial charge in [-0.15, -0.1) is 0 Å². The molecule has 1 heterocycles. The largest absolute Gasteiger partial charge is 0.435 e. The van der Waals surface area contributed by atoms with Gasteiger partial charge in [-0.05, 0) is 38.0 Å². The molecule has 0 spiro atoms. The number of nitrogen functional groups attached to an aromatic ring is 1.